The van der Waals surface area contributed by atoms with Crippen molar-refractivity contribution in [3.63, 3.8) is 0 Å². The van der Waals surface area contributed by atoms with E-state index in [1.165, 1.54) is 18.9 Å². The van der Waals surface area contributed by atoms with Crippen molar-refractivity contribution in [2.75, 3.05) is 0 Å². The molecule has 0 unspecified atom stereocenters. The summed E-state index contributed by atoms with van der Waals surface area (Å²) in [6, 6.07) is 4.42. The Labute approximate surface area is 118 Å². The first-order valence-electron chi connectivity index (χ1n) is 6.01. The summed E-state index contributed by atoms with van der Waals surface area (Å²) < 4.78 is 0. The Bertz CT molecular complexity index is 395. The lowest BCUT2D eigenvalue weighted by atomic mass is 9.91. The summed E-state index contributed by atoms with van der Waals surface area (Å²) in [4.78, 5) is 0. The van der Waals surface area contributed by atoms with E-state index in [1.807, 2.05) is 0 Å². The molecule has 0 aromatic heterocycles. The first-order chi connectivity index (χ1) is 8.09. The second kappa shape index (κ2) is 6.62. The van der Waals surface area contributed by atoms with Crippen LogP contribution in [0.2, 0.25) is 5.02 Å². The molecular formula is C13H19Cl2NO2. The molecule has 1 fully saturated rings. The summed E-state index contributed by atoms with van der Waals surface area (Å²) >= 11 is 5.84. The molecule has 4 N–H and O–H groups in total. The molecular weight excluding hydrogens is 273 g/mol. The van der Waals surface area contributed by atoms with Gasteiger partial charge in [-0.25, -0.2) is 0 Å². The van der Waals surface area contributed by atoms with E-state index in [0.717, 1.165) is 18.4 Å². The van der Waals surface area contributed by atoms with Crippen molar-refractivity contribution in [2.24, 2.45) is 11.7 Å². The Kier molecular flexibility index (Phi) is 5.73. The van der Waals surface area contributed by atoms with Gasteiger partial charge in [-0.15, -0.1) is 12.4 Å². The van der Waals surface area contributed by atoms with Crippen LogP contribution in [-0.2, 0) is 0 Å². The molecule has 1 aliphatic rings. The van der Waals surface area contributed by atoms with E-state index in [9.17, 15) is 10.2 Å². The lowest BCUT2D eigenvalue weighted by Crippen LogP contribution is -2.31. The minimum Gasteiger partial charge on any atom is -0.506 e. The molecule has 102 valence electrons. The lowest BCUT2D eigenvalue weighted by Gasteiger charge is -2.24. The van der Waals surface area contributed by atoms with Crippen LogP contribution in [0.15, 0.2) is 18.2 Å². The number of hydrogen-bond acceptors (Lipinski definition) is 3. The Morgan fingerprint density at radius 1 is 1.28 bits per heavy atom. The van der Waals surface area contributed by atoms with Crippen molar-refractivity contribution in [3.8, 4) is 5.75 Å². The zero-order chi connectivity index (χ0) is 12.4. The monoisotopic (exact) mass is 291 g/mol. The molecule has 0 spiro atoms. The van der Waals surface area contributed by atoms with Gasteiger partial charge in [-0.2, -0.15) is 0 Å². The minimum absolute atomic E-state index is 0. The maximum atomic E-state index is 10.2. The molecule has 1 aromatic carbocycles. The van der Waals surface area contributed by atoms with Gasteiger partial charge in [-0.3, -0.25) is 0 Å². The van der Waals surface area contributed by atoms with Crippen molar-refractivity contribution >= 4 is 24.0 Å². The molecule has 0 saturated heterocycles. The van der Waals surface area contributed by atoms with Gasteiger partial charge in [0.15, 0.2) is 0 Å². The van der Waals surface area contributed by atoms with Crippen LogP contribution in [0, 0.1) is 5.92 Å². The summed E-state index contributed by atoms with van der Waals surface area (Å²) in [5.41, 5.74) is 6.82. The van der Waals surface area contributed by atoms with E-state index < -0.39 is 12.1 Å². The number of aliphatic hydroxyl groups excluding tert-OH is 1. The summed E-state index contributed by atoms with van der Waals surface area (Å²) in [6.07, 6.45) is 3.90. The van der Waals surface area contributed by atoms with Gasteiger partial charge in [0.1, 0.15) is 5.75 Å². The highest BCUT2D eigenvalue weighted by atomic mass is 35.5. The van der Waals surface area contributed by atoms with E-state index >= 15 is 0 Å². The number of hydrogen-bond donors (Lipinski definition) is 3. The fourth-order valence-corrected chi connectivity index (χ4v) is 2.71. The van der Waals surface area contributed by atoms with E-state index in [2.05, 4.69) is 0 Å². The SMILES string of the molecule is Cl.N[C@@H](c1ccc(O)c(Cl)c1)[C@H](O)C1CCCC1. The number of aliphatic hydroxyl groups is 1. The fraction of sp³-hybridized carbons (Fsp3) is 0.538. The summed E-state index contributed by atoms with van der Waals surface area (Å²) in [5.74, 6) is 0.329. The molecule has 18 heavy (non-hydrogen) atoms. The lowest BCUT2D eigenvalue weighted by molar-refractivity contribution is 0.0845. The van der Waals surface area contributed by atoms with E-state index in [0.29, 0.717) is 0 Å². The number of phenols is 1. The molecule has 1 aromatic rings. The van der Waals surface area contributed by atoms with Gasteiger partial charge < -0.3 is 15.9 Å². The minimum atomic E-state index is -0.530. The molecule has 3 nitrogen and oxygen atoms in total. The second-order valence-electron chi connectivity index (χ2n) is 4.77. The normalized spacial score (nSPS) is 19.3. The van der Waals surface area contributed by atoms with E-state index in [1.54, 1.807) is 12.1 Å². The van der Waals surface area contributed by atoms with E-state index in [4.69, 9.17) is 17.3 Å². The van der Waals surface area contributed by atoms with Gasteiger partial charge in [-0.05, 0) is 36.5 Å². The van der Waals surface area contributed by atoms with Gasteiger partial charge in [0.05, 0.1) is 17.2 Å². The predicted molar refractivity (Wildman–Crippen MR) is 75.3 cm³/mol. The molecule has 1 aliphatic carbocycles. The molecule has 5 heteroatoms. The first kappa shape index (κ1) is 15.6. The van der Waals surface area contributed by atoms with Crippen LogP contribution >= 0.6 is 24.0 Å². The highest BCUT2D eigenvalue weighted by molar-refractivity contribution is 6.32. The van der Waals surface area contributed by atoms with Crippen LogP contribution < -0.4 is 5.73 Å². The van der Waals surface area contributed by atoms with Crippen molar-refractivity contribution < 1.29 is 10.2 Å². The first-order valence-corrected chi connectivity index (χ1v) is 6.39. The van der Waals surface area contributed by atoms with Crippen LogP contribution in [0.1, 0.15) is 37.3 Å². The third-order valence-corrected chi connectivity index (χ3v) is 3.91. The molecule has 0 radical (unpaired) electrons. The average molecular weight is 292 g/mol. The molecule has 0 amide bonds. The molecule has 2 rings (SSSR count). The van der Waals surface area contributed by atoms with Gasteiger partial charge >= 0.3 is 0 Å². The number of halogens is 2. The van der Waals surface area contributed by atoms with Crippen molar-refractivity contribution in [2.45, 2.75) is 37.8 Å². The van der Waals surface area contributed by atoms with Crippen LogP contribution in [0.3, 0.4) is 0 Å². The highest BCUT2D eigenvalue weighted by Gasteiger charge is 2.28. The van der Waals surface area contributed by atoms with Crippen molar-refractivity contribution in [1.29, 1.82) is 0 Å². The smallest absolute Gasteiger partial charge is 0.134 e. The highest BCUT2D eigenvalue weighted by Crippen LogP contribution is 2.34. The Morgan fingerprint density at radius 2 is 1.89 bits per heavy atom. The van der Waals surface area contributed by atoms with E-state index in [-0.39, 0.29) is 29.1 Å². The Balaban J connectivity index is 0.00000162. The number of phenolic OH excluding ortho intramolecular Hbond substituents is 1. The van der Waals surface area contributed by atoms with Crippen molar-refractivity contribution in [1.82, 2.24) is 0 Å². The molecule has 0 bridgehead atoms. The number of nitrogens with two attached hydrogens (primary N) is 1. The third-order valence-electron chi connectivity index (χ3n) is 3.61. The predicted octanol–water partition coefficient (Wildman–Crippen LogP) is 3.02. The third kappa shape index (κ3) is 3.29. The Hall–Kier alpha value is -0.480. The summed E-state index contributed by atoms with van der Waals surface area (Å²) in [6.45, 7) is 0. The molecule has 0 heterocycles. The zero-order valence-electron chi connectivity index (χ0n) is 10.1. The molecule has 1 saturated carbocycles. The number of benzene rings is 1. The number of aromatic hydroxyl groups is 1. The van der Waals surface area contributed by atoms with Crippen molar-refractivity contribution in [3.05, 3.63) is 28.8 Å². The van der Waals surface area contributed by atoms with Gasteiger partial charge in [0, 0.05) is 0 Å². The maximum Gasteiger partial charge on any atom is 0.134 e. The fourth-order valence-electron chi connectivity index (χ4n) is 2.52. The standard InChI is InChI=1S/C13H18ClNO2.ClH/c14-10-7-9(5-6-11(10)16)12(15)13(17)8-3-1-2-4-8;/h5-8,12-13,16-17H,1-4,15H2;1H/t12-,13+;/m0./s1. The molecule has 0 aliphatic heterocycles. The van der Waals surface area contributed by atoms with Crippen LogP contribution in [0.4, 0.5) is 0 Å². The van der Waals surface area contributed by atoms with Crippen LogP contribution in [0.5, 0.6) is 5.75 Å². The van der Waals surface area contributed by atoms with Gasteiger partial charge in [-0.1, -0.05) is 30.5 Å². The van der Waals surface area contributed by atoms with Gasteiger partial charge in [0.25, 0.3) is 0 Å². The second-order valence-corrected chi connectivity index (χ2v) is 5.18. The Morgan fingerprint density at radius 3 is 2.44 bits per heavy atom. The topological polar surface area (TPSA) is 66.5 Å². The van der Waals surface area contributed by atoms with Crippen LogP contribution in [-0.4, -0.2) is 16.3 Å². The molecule has 2 atom stereocenters. The number of rotatable bonds is 3. The maximum absolute atomic E-state index is 10.2. The quantitative estimate of drug-likeness (QED) is 0.802. The average Bonchev–Trinajstić information content (AvgIpc) is 2.84. The summed E-state index contributed by atoms with van der Waals surface area (Å²) in [5, 5.41) is 19.8. The zero-order valence-corrected chi connectivity index (χ0v) is 11.6. The van der Waals surface area contributed by atoms with Gasteiger partial charge in [0.2, 0.25) is 0 Å². The summed E-state index contributed by atoms with van der Waals surface area (Å²) in [7, 11) is 0. The largest absolute Gasteiger partial charge is 0.506 e. The van der Waals surface area contributed by atoms with Crippen LogP contribution in [0.25, 0.3) is 0 Å².